The number of hydrogen-bond acceptors (Lipinski definition) is 4. The van der Waals surface area contributed by atoms with Crippen LogP contribution in [0.5, 0.6) is 0 Å². The minimum absolute atomic E-state index is 0.0216. The van der Waals surface area contributed by atoms with Gasteiger partial charge in [0, 0.05) is 43.0 Å². The second-order valence-electron chi connectivity index (χ2n) is 6.24. The first-order valence-corrected chi connectivity index (χ1v) is 9.74. The fourth-order valence-corrected chi connectivity index (χ4v) is 4.34. The van der Waals surface area contributed by atoms with Crippen molar-refractivity contribution < 1.29 is 17.5 Å². The fourth-order valence-electron chi connectivity index (χ4n) is 2.96. The van der Waals surface area contributed by atoms with Gasteiger partial charge in [-0.25, -0.2) is 22.1 Å². The van der Waals surface area contributed by atoms with Crippen molar-refractivity contribution in [3.05, 3.63) is 41.4 Å². The molecule has 0 aliphatic carbocycles. The van der Waals surface area contributed by atoms with Crippen molar-refractivity contribution in [2.75, 3.05) is 33.1 Å². The molecule has 2 aromatic rings. The van der Waals surface area contributed by atoms with E-state index in [1.165, 1.54) is 30.5 Å². The number of benzene rings is 1. The summed E-state index contributed by atoms with van der Waals surface area (Å²) in [6.45, 7) is 0.722. The van der Waals surface area contributed by atoms with E-state index in [1.54, 1.807) is 18.5 Å². The Morgan fingerprint density at radius 1 is 1.36 bits per heavy atom. The highest BCUT2D eigenvalue weighted by molar-refractivity contribution is 7.89. The normalized spacial score (nSPS) is 21.2. The van der Waals surface area contributed by atoms with Gasteiger partial charge in [-0.2, -0.15) is 0 Å². The number of halogens is 2. The van der Waals surface area contributed by atoms with Crippen LogP contribution in [-0.2, 0) is 14.8 Å². The summed E-state index contributed by atoms with van der Waals surface area (Å²) in [5.74, 6) is -0.161. The van der Waals surface area contributed by atoms with E-state index in [9.17, 15) is 12.8 Å². The maximum absolute atomic E-state index is 13.7. The third kappa shape index (κ3) is 3.87. The monoisotopic (exact) mass is 387 g/mol. The van der Waals surface area contributed by atoms with Crippen molar-refractivity contribution in [1.82, 2.24) is 13.9 Å². The largest absolute Gasteiger partial charge is 0.379 e. The van der Waals surface area contributed by atoms with E-state index in [-0.39, 0.29) is 22.7 Å². The van der Waals surface area contributed by atoms with Crippen LogP contribution in [-0.4, -0.2) is 55.3 Å². The lowest BCUT2D eigenvalue weighted by Gasteiger charge is -2.22. The van der Waals surface area contributed by atoms with Crippen molar-refractivity contribution in [3.63, 3.8) is 0 Å². The number of sulfonamides is 1. The third-order valence-electron chi connectivity index (χ3n) is 4.29. The van der Waals surface area contributed by atoms with Gasteiger partial charge < -0.3 is 9.30 Å². The summed E-state index contributed by atoms with van der Waals surface area (Å²) in [4.78, 5) is 4.30. The summed E-state index contributed by atoms with van der Waals surface area (Å²) in [5, 5.41) is 0.277. The molecule has 1 saturated heterocycles. The van der Waals surface area contributed by atoms with E-state index in [0.29, 0.717) is 24.6 Å². The lowest BCUT2D eigenvalue weighted by Crippen LogP contribution is -2.32. The first-order chi connectivity index (χ1) is 11.8. The number of hydrogen-bond donors (Lipinski definition) is 0. The second-order valence-corrected chi connectivity index (χ2v) is 8.91. The van der Waals surface area contributed by atoms with E-state index in [0.717, 1.165) is 0 Å². The Kier molecular flexibility index (Phi) is 5.15. The topological polar surface area (TPSA) is 64.4 Å². The zero-order valence-electron chi connectivity index (χ0n) is 13.9. The Hall–Kier alpha value is -1.48. The lowest BCUT2D eigenvalue weighted by molar-refractivity contribution is 0.182. The molecule has 1 aromatic carbocycles. The Morgan fingerprint density at radius 3 is 2.80 bits per heavy atom. The molecule has 0 saturated carbocycles. The first kappa shape index (κ1) is 18.3. The SMILES string of the molecule is CN(C)S(=O)(=O)C[C@@H]1COC[C@H]1n1ccnc1-c1cc(F)cc(Cl)c1. The molecule has 1 aliphatic heterocycles. The van der Waals surface area contributed by atoms with Crippen LogP contribution in [0.15, 0.2) is 30.6 Å². The predicted octanol–water partition coefficient (Wildman–Crippen LogP) is 2.42. The summed E-state index contributed by atoms with van der Waals surface area (Å²) in [6, 6.07) is 4.01. The molecule has 0 unspecified atom stereocenters. The Morgan fingerprint density at radius 2 is 2.12 bits per heavy atom. The van der Waals surface area contributed by atoms with E-state index >= 15 is 0 Å². The molecule has 25 heavy (non-hydrogen) atoms. The molecule has 0 bridgehead atoms. The first-order valence-electron chi connectivity index (χ1n) is 7.75. The zero-order valence-corrected chi connectivity index (χ0v) is 15.5. The molecule has 1 aromatic heterocycles. The average Bonchev–Trinajstić information content (AvgIpc) is 3.13. The Labute approximate surface area is 151 Å². The lowest BCUT2D eigenvalue weighted by atomic mass is 10.1. The molecule has 2 heterocycles. The van der Waals surface area contributed by atoms with E-state index in [1.807, 2.05) is 4.57 Å². The molecule has 2 atom stereocenters. The summed E-state index contributed by atoms with van der Waals surface area (Å²) in [5.41, 5.74) is 0.538. The molecule has 1 aliphatic rings. The molecule has 9 heteroatoms. The standard InChI is InChI=1S/C16H19ClFN3O3S/c1-20(2)25(22,23)10-12-8-24-9-15(12)21-4-3-19-16(21)11-5-13(17)7-14(18)6-11/h3-7,12,15H,8-10H2,1-2H3/t12-,15+/m0/s1. The molecule has 1 fully saturated rings. The van der Waals surface area contributed by atoms with Crippen LogP contribution in [0.1, 0.15) is 6.04 Å². The number of imidazole rings is 1. The summed E-state index contributed by atoms with van der Waals surface area (Å²) in [6.07, 6.45) is 3.35. The van der Waals surface area contributed by atoms with Gasteiger partial charge in [0.2, 0.25) is 10.0 Å². The maximum Gasteiger partial charge on any atom is 0.214 e. The zero-order chi connectivity index (χ0) is 18.2. The molecule has 136 valence electrons. The van der Waals surface area contributed by atoms with Gasteiger partial charge in [0.1, 0.15) is 11.6 Å². The number of ether oxygens (including phenoxy) is 1. The van der Waals surface area contributed by atoms with Crippen LogP contribution in [0.4, 0.5) is 4.39 Å². The van der Waals surface area contributed by atoms with Gasteiger partial charge in [-0.1, -0.05) is 11.6 Å². The van der Waals surface area contributed by atoms with Crippen LogP contribution >= 0.6 is 11.6 Å². The molecular formula is C16H19ClFN3O3S. The quantitative estimate of drug-likeness (QED) is 0.790. The predicted molar refractivity (Wildman–Crippen MR) is 93.5 cm³/mol. The fraction of sp³-hybridized carbons (Fsp3) is 0.438. The highest BCUT2D eigenvalue weighted by atomic mass is 35.5. The molecular weight excluding hydrogens is 369 g/mol. The van der Waals surface area contributed by atoms with Crippen molar-refractivity contribution in [3.8, 4) is 11.4 Å². The van der Waals surface area contributed by atoms with Gasteiger partial charge in [0.15, 0.2) is 0 Å². The van der Waals surface area contributed by atoms with Crippen LogP contribution in [0.3, 0.4) is 0 Å². The molecule has 0 amide bonds. The third-order valence-corrected chi connectivity index (χ3v) is 6.47. The van der Waals surface area contributed by atoms with Gasteiger partial charge in [-0.05, 0) is 18.2 Å². The van der Waals surface area contributed by atoms with Crippen molar-refractivity contribution in [2.45, 2.75) is 6.04 Å². The molecule has 0 spiro atoms. The highest BCUT2D eigenvalue weighted by Crippen LogP contribution is 2.32. The van der Waals surface area contributed by atoms with Gasteiger partial charge in [0.25, 0.3) is 0 Å². The second kappa shape index (κ2) is 7.03. The van der Waals surface area contributed by atoms with E-state index in [4.69, 9.17) is 16.3 Å². The Balaban J connectivity index is 1.93. The average molecular weight is 388 g/mol. The van der Waals surface area contributed by atoms with Crippen LogP contribution in [0, 0.1) is 11.7 Å². The molecule has 6 nitrogen and oxygen atoms in total. The van der Waals surface area contributed by atoms with Gasteiger partial charge in [-0.15, -0.1) is 0 Å². The van der Waals surface area contributed by atoms with Crippen molar-refractivity contribution in [2.24, 2.45) is 5.92 Å². The van der Waals surface area contributed by atoms with Crippen LogP contribution in [0.2, 0.25) is 5.02 Å². The molecule has 0 radical (unpaired) electrons. The van der Waals surface area contributed by atoms with E-state index in [2.05, 4.69) is 4.98 Å². The van der Waals surface area contributed by atoms with Gasteiger partial charge >= 0.3 is 0 Å². The smallest absolute Gasteiger partial charge is 0.214 e. The number of rotatable bonds is 5. The number of nitrogens with zero attached hydrogens (tertiary/aromatic N) is 3. The van der Waals surface area contributed by atoms with Crippen molar-refractivity contribution >= 4 is 21.6 Å². The number of aromatic nitrogens is 2. The molecule has 0 N–H and O–H groups in total. The summed E-state index contributed by atoms with van der Waals surface area (Å²) >= 11 is 5.94. The van der Waals surface area contributed by atoms with Gasteiger partial charge in [0.05, 0.1) is 25.0 Å². The van der Waals surface area contributed by atoms with Crippen molar-refractivity contribution in [1.29, 1.82) is 0 Å². The van der Waals surface area contributed by atoms with Crippen LogP contribution < -0.4 is 0 Å². The Bertz CT molecular complexity index is 849. The highest BCUT2D eigenvalue weighted by Gasteiger charge is 2.35. The van der Waals surface area contributed by atoms with E-state index < -0.39 is 15.8 Å². The van der Waals surface area contributed by atoms with Gasteiger partial charge in [-0.3, -0.25) is 0 Å². The molecule has 3 rings (SSSR count). The minimum atomic E-state index is -3.36. The minimum Gasteiger partial charge on any atom is -0.379 e. The summed E-state index contributed by atoms with van der Waals surface area (Å²) in [7, 11) is -0.335. The maximum atomic E-state index is 13.7. The summed E-state index contributed by atoms with van der Waals surface area (Å²) < 4.78 is 46.7. The van der Waals surface area contributed by atoms with Crippen LogP contribution in [0.25, 0.3) is 11.4 Å².